The molecule has 0 bridgehead atoms. The Balaban J connectivity index is 1.81. The molecule has 0 saturated carbocycles. The number of carbonyl (C=O) groups excluding carboxylic acids is 1. The van der Waals surface area contributed by atoms with E-state index < -0.39 is 0 Å². The van der Waals surface area contributed by atoms with Crippen molar-refractivity contribution in [2.45, 2.75) is 33.8 Å². The number of anilines is 3. The first kappa shape index (κ1) is 18.4. The summed E-state index contributed by atoms with van der Waals surface area (Å²) in [6.07, 6.45) is -0.00827. The predicted molar refractivity (Wildman–Crippen MR) is 101 cm³/mol. The second-order valence-electron chi connectivity index (χ2n) is 6.25. The van der Waals surface area contributed by atoms with E-state index in [9.17, 15) is 4.79 Å². The average molecular weight is 367 g/mol. The standard InChI is InChI=1S/C19H21N5O3/c1-11(2)26-16-8-6-5-7-14(16)22-19(25)15-10-17(21-13(4)20-15)23-18-9-12(3)27-24-18/h5-11H,1-4H3,(H,22,25)(H,20,21,23,24). The van der Waals surface area contributed by atoms with Crippen LogP contribution >= 0.6 is 0 Å². The molecule has 0 spiro atoms. The maximum Gasteiger partial charge on any atom is 0.274 e. The van der Waals surface area contributed by atoms with Crippen LogP contribution in [-0.4, -0.2) is 27.1 Å². The average Bonchev–Trinajstić information content (AvgIpc) is 3.00. The number of amides is 1. The van der Waals surface area contributed by atoms with Crippen LogP contribution < -0.4 is 15.4 Å². The Morgan fingerprint density at radius 2 is 1.89 bits per heavy atom. The second-order valence-corrected chi connectivity index (χ2v) is 6.25. The Morgan fingerprint density at radius 3 is 2.59 bits per heavy atom. The second kappa shape index (κ2) is 7.86. The Labute approximate surface area is 157 Å². The highest BCUT2D eigenvalue weighted by atomic mass is 16.5. The van der Waals surface area contributed by atoms with Crippen LogP contribution in [-0.2, 0) is 0 Å². The van der Waals surface area contributed by atoms with Gasteiger partial charge in [-0.15, -0.1) is 0 Å². The SMILES string of the molecule is Cc1nc(Nc2cc(C)on2)cc(C(=O)Nc2ccccc2OC(C)C)n1. The van der Waals surface area contributed by atoms with E-state index in [1.165, 1.54) is 0 Å². The van der Waals surface area contributed by atoms with Crippen molar-refractivity contribution in [3.63, 3.8) is 0 Å². The zero-order valence-electron chi connectivity index (χ0n) is 15.6. The van der Waals surface area contributed by atoms with Crippen molar-refractivity contribution in [1.82, 2.24) is 15.1 Å². The molecule has 0 unspecified atom stereocenters. The van der Waals surface area contributed by atoms with E-state index in [2.05, 4.69) is 25.8 Å². The van der Waals surface area contributed by atoms with Gasteiger partial charge in [0.2, 0.25) is 0 Å². The molecule has 0 fully saturated rings. The molecule has 2 N–H and O–H groups in total. The van der Waals surface area contributed by atoms with Gasteiger partial charge in [-0.3, -0.25) is 4.79 Å². The van der Waals surface area contributed by atoms with Crippen molar-refractivity contribution < 1.29 is 14.1 Å². The fourth-order valence-electron chi connectivity index (χ4n) is 2.42. The number of nitrogens with zero attached hydrogens (tertiary/aromatic N) is 3. The van der Waals surface area contributed by atoms with Gasteiger partial charge >= 0.3 is 0 Å². The topological polar surface area (TPSA) is 102 Å². The summed E-state index contributed by atoms with van der Waals surface area (Å²) in [5, 5.41) is 9.70. The molecule has 27 heavy (non-hydrogen) atoms. The van der Waals surface area contributed by atoms with E-state index in [1.54, 1.807) is 38.1 Å². The highest BCUT2D eigenvalue weighted by Crippen LogP contribution is 2.25. The molecule has 0 aliphatic rings. The van der Waals surface area contributed by atoms with Gasteiger partial charge in [-0.1, -0.05) is 17.3 Å². The number of hydrogen-bond donors (Lipinski definition) is 2. The minimum Gasteiger partial charge on any atom is -0.489 e. The molecule has 0 saturated heterocycles. The Bertz CT molecular complexity index is 952. The first-order chi connectivity index (χ1) is 12.9. The van der Waals surface area contributed by atoms with Crippen LogP contribution in [0.2, 0.25) is 0 Å². The van der Waals surface area contributed by atoms with E-state index in [1.807, 2.05) is 26.0 Å². The van der Waals surface area contributed by atoms with E-state index >= 15 is 0 Å². The van der Waals surface area contributed by atoms with Gasteiger partial charge in [-0.2, -0.15) is 0 Å². The summed E-state index contributed by atoms with van der Waals surface area (Å²) in [4.78, 5) is 21.2. The van der Waals surface area contributed by atoms with Gasteiger partial charge in [0.05, 0.1) is 11.8 Å². The largest absolute Gasteiger partial charge is 0.489 e. The van der Waals surface area contributed by atoms with Crippen LogP contribution in [0, 0.1) is 13.8 Å². The van der Waals surface area contributed by atoms with Gasteiger partial charge in [-0.05, 0) is 39.8 Å². The summed E-state index contributed by atoms with van der Waals surface area (Å²) in [6, 6.07) is 10.6. The third kappa shape index (κ3) is 4.81. The van der Waals surface area contributed by atoms with E-state index in [0.29, 0.717) is 34.7 Å². The molecular weight excluding hydrogens is 346 g/mol. The predicted octanol–water partition coefficient (Wildman–Crippen LogP) is 3.86. The fraction of sp³-hybridized carbons (Fsp3) is 0.263. The number of para-hydroxylation sites is 2. The van der Waals surface area contributed by atoms with E-state index in [-0.39, 0.29) is 17.7 Å². The maximum atomic E-state index is 12.7. The Kier molecular flexibility index (Phi) is 5.35. The quantitative estimate of drug-likeness (QED) is 0.682. The number of hydrogen-bond acceptors (Lipinski definition) is 7. The molecule has 8 nitrogen and oxygen atoms in total. The number of aryl methyl sites for hydroxylation is 2. The number of rotatable bonds is 6. The van der Waals surface area contributed by atoms with Gasteiger partial charge in [-0.25, -0.2) is 9.97 Å². The van der Waals surface area contributed by atoms with Crippen LogP contribution in [0.15, 0.2) is 40.9 Å². The molecule has 140 valence electrons. The summed E-state index contributed by atoms with van der Waals surface area (Å²) < 4.78 is 10.8. The minimum absolute atomic E-state index is 0.00827. The van der Waals surface area contributed by atoms with Gasteiger partial charge in [0.1, 0.15) is 28.8 Å². The number of ether oxygens (including phenoxy) is 1. The Morgan fingerprint density at radius 1 is 1.11 bits per heavy atom. The molecule has 0 aliphatic heterocycles. The third-order valence-corrected chi connectivity index (χ3v) is 3.45. The van der Waals surface area contributed by atoms with Gasteiger partial charge in [0, 0.05) is 12.1 Å². The van der Waals surface area contributed by atoms with Gasteiger partial charge in [0.25, 0.3) is 5.91 Å². The van der Waals surface area contributed by atoms with Crippen LogP contribution in [0.4, 0.5) is 17.3 Å². The Hall–Kier alpha value is -3.42. The van der Waals surface area contributed by atoms with E-state index in [4.69, 9.17) is 9.26 Å². The molecular formula is C19H21N5O3. The third-order valence-electron chi connectivity index (χ3n) is 3.45. The van der Waals surface area contributed by atoms with Crippen molar-refractivity contribution in [2.24, 2.45) is 0 Å². The molecule has 8 heteroatoms. The zero-order valence-corrected chi connectivity index (χ0v) is 15.6. The summed E-state index contributed by atoms with van der Waals surface area (Å²) in [5.74, 6) is 2.32. The molecule has 0 atom stereocenters. The molecule has 3 rings (SSSR count). The number of aromatic nitrogens is 3. The fourth-order valence-corrected chi connectivity index (χ4v) is 2.42. The lowest BCUT2D eigenvalue weighted by atomic mass is 10.2. The van der Waals surface area contributed by atoms with Gasteiger partial charge in [0.15, 0.2) is 5.82 Å². The molecule has 2 heterocycles. The summed E-state index contributed by atoms with van der Waals surface area (Å²) in [6.45, 7) is 7.36. The number of nitrogens with one attached hydrogen (secondary N) is 2. The lowest BCUT2D eigenvalue weighted by Crippen LogP contribution is -2.17. The molecule has 1 amide bonds. The van der Waals surface area contributed by atoms with Crippen LogP contribution in [0.1, 0.15) is 35.9 Å². The lowest BCUT2D eigenvalue weighted by Gasteiger charge is -2.14. The van der Waals surface area contributed by atoms with Crippen molar-refractivity contribution in [3.8, 4) is 5.75 Å². The summed E-state index contributed by atoms with van der Waals surface area (Å²) >= 11 is 0. The summed E-state index contributed by atoms with van der Waals surface area (Å²) in [5.41, 5.74) is 0.804. The summed E-state index contributed by atoms with van der Waals surface area (Å²) in [7, 11) is 0. The van der Waals surface area contributed by atoms with Crippen molar-refractivity contribution in [2.75, 3.05) is 10.6 Å². The minimum atomic E-state index is -0.361. The lowest BCUT2D eigenvalue weighted by molar-refractivity contribution is 0.102. The highest BCUT2D eigenvalue weighted by molar-refractivity contribution is 6.04. The molecule has 3 aromatic rings. The van der Waals surface area contributed by atoms with Crippen molar-refractivity contribution in [1.29, 1.82) is 0 Å². The van der Waals surface area contributed by atoms with E-state index in [0.717, 1.165) is 0 Å². The highest BCUT2D eigenvalue weighted by Gasteiger charge is 2.14. The molecule has 0 aliphatic carbocycles. The normalized spacial score (nSPS) is 10.7. The monoisotopic (exact) mass is 367 g/mol. The van der Waals surface area contributed by atoms with Crippen LogP contribution in [0.3, 0.4) is 0 Å². The van der Waals surface area contributed by atoms with Crippen LogP contribution in [0.25, 0.3) is 0 Å². The number of benzene rings is 1. The first-order valence-corrected chi connectivity index (χ1v) is 8.54. The van der Waals surface area contributed by atoms with Crippen molar-refractivity contribution >= 4 is 23.2 Å². The first-order valence-electron chi connectivity index (χ1n) is 8.54. The van der Waals surface area contributed by atoms with Crippen molar-refractivity contribution in [3.05, 3.63) is 53.7 Å². The zero-order chi connectivity index (χ0) is 19.4. The molecule has 2 aromatic heterocycles. The molecule has 1 aromatic carbocycles. The smallest absolute Gasteiger partial charge is 0.274 e. The maximum absolute atomic E-state index is 12.7. The number of carbonyl (C=O) groups is 1. The van der Waals surface area contributed by atoms with Gasteiger partial charge < -0.3 is 19.9 Å². The molecule has 0 radical (unpaired) electrons. The van der Waals surface area contributed by atoms with Crippen LogP contribution in [0.5, 0.6) is 5.75 Å².